The number of fused-ring (bicyclic) bond motifs is 1. The van der Waals surface area contributed by atoms with Crippen LogP contribution >= 0.6 is 0 Å². The molecule has 0 bridgehead atoms. The lowest BCUT2D eigenvalue weighted by atomic mass is 9.98. The predicted molar refractivity (Wildman–Crippen MR) is 66.9 cm³/mol. The first-order valence-electron chi connectivity index (χ1n) is 6.06. The third-order valence-electron chi connectivity index (χ3n) is 3.42. The number of nitriles is 2. The number of hydrogen-bond donors (Lipinski definition) is 0. The summed E-state index contributed by atoms with van der Waals surface area (Å²) in [6.45, 7) is 5.59. The van der Waals surface area contributed by atoms with E-state index in [4.69, 9.17) is 10.00 Å². The molecule has 3 atom stereocenters. The van der Waals surface area contributed by atoms with E-state index >= 15 is 0 Å². The minimum absolute atomic E-state index is 0.113. The smallest absolute Gasteiger partial charge is 0.180 e. The van der Waals surface area contributed by atoms with Crippen LogP contribution in [0.15, 0.2) is 16.3 Å². The summed E-state index contributed by atoms with van der Waals surface area (Å²) in [7, 11) is 0. The molecule has 0 saturated carbocycles. The fourth-order valence-corrected chi connectivity index (χ4v) is 2.61. The van der Waals surface area contributed by atoms with Crippen molar-refractivity contribution in [3.63, 3.8) is 0 Å². The van der Waals surface area contributed by atoms with Crippen LogP contribution in [-0.4, -0.2) is 41.3 Å². The zero-order valence-electron chi connectivity index (χ0n) is 11.0. The van der Waals surface area contributed by atoms with Gasteiger partial charge in [0.1, 0.15) is 23.6 Å². The lowest BCUT2D eigenvalue weighted by Gasteiger charge is -2.36. The molecule has 2 rings (SSSR count). The predicted octanol–water partition coefficient (Wildman–Crippen LogP) is 0.767. The summed E-state index contributed by atoms with van der Waals surface area (Å²) in [5.74, 6) is 0.415. The number of carbonyl (C=O) groups is 1. The van der Waals surface area contributed by atoms with Gasteiger partial charge in [-0.1, -0.05) is 6.92 Å². The third-order valence-corrected chi connectivity index (χ3v) is 3.42. The standard InChI is InChI=1S/C13H14N4O2/c1-4-17-10(6-15)9(5-14)16-12-11(7(2)18)8(3)19-13(12)17/h10,12-13H,4H2,1-3H3/t10-,12+,13+/m0/s1. The maximum Gasteiger partial charge on any atom is 0.180 e. The highest BCUT2D eigenvalue weighted by atomic mass is 16.5. The number of hydrogen-bond acceptors (Lipinski definition) is 6. The summed E-state index contributed by atoms with van der Waals surface area (Å²) in [5.41, 5.74) is 0.634. The van der Waals surface area contributed by atoms with Crippen LogP contribution in [0.4, 0.5) is 0 Å². The number of likely N-dealkylation sites (N-methyl/N-ethyl adjacent to an activating group) is 1. The van der Waals surface area contributed by atoms with Crippen LogP contribution in [-0.2, 0) is 9.53 Å². The van der Waals surface area contributed by atoms with Crippen molar-refractivity contribution < 1.29 is 9.53 Å². The number of ketones is 1. The first-order valence-corrected chi connectivity index (χ1v) is 6.06. The van der Waals surface area contributed by atoms with Crippen molar-refractivity contribution in [2.45, 2.75) is 39.1 Å². The molecule has 2 aliphatic rings. The highest BCUT2D eigenvalue weighted by molar-refractivity contribution is 6.06. The number of rotatable bonds is 2. The van der Waals surface area contributed by atoms with Gasteiger partial charge in [-0.3, -0.25) is 9.79 Å². The van der Waals surface area contributed by atoms with Gasteiger partial charge in [-0.2, -0.15) is 10.5 Å². The van der Waals surface area contributed by atoms with Gasteiger partial charge in [0.25, 0.3) is 0 Å². The molecule has 0 amide bonds. The summed E-state index contributed by atoms with van der Waals surface area (Å²) >= 11 is 0. The molecule has 0 aliphatic carbocycles. The Kier molecular flexibility index (Phi) is 3.37. The van der Waals surface area contributed by atoms with Crippen LogP contribution in [0.1, 0.15) is 20.8 Å². The second-order valence-corrected chi connectivity index (χ2v) is 4.47. The fourth-order valence-electron chi connectivity index (χ4n) is 2.61. The number of ether oxygens (including phenoxy) is 1. The summed E-state index contributed by atoms with van der Waals surface area (Å²) in [6, 6.07) is 2.80. The van der Waals surface area contributed by atoms with Gasteiger partial charge in [-0.25, -0.2) is 4.90 Å². The van der Waals surface area contributed by atoms with E-state index in [1.807, 2.05) is 13.0 Å². The zero-order chi connectivity index (χ0) is 14.2. The van der Waals surface area contributed by atoms with Crippen LogP contribution in [0, 0.1) is 22.7 Å². The second kappa shape index (κ2) is 4.83. The molecule has 0 N–H and O–H groups in total. The average molecular weight is 258 g/mol. The van der Waals surface area contributed by atoms with E-state index in [1.165, 1.54) is 6.92 Å². The van der Waals surface area contributed by atoms with Gasteiger partial charge in [-0.15, -0.1) is 0 Å². The molecular weight excluding hydrogens is 244 g/mol. The Morgan fingerprint density at radius 3 is 2.68 bits per heavy atom. The number of nitrogens with zero attached hydrogens (tertiary/aromatic N) is 4. The van der Waals surface area contributed by atoms with Crippen molar-refractivity contribution in [2.75, 3.05) is 6.54 Å². The van der Waals surface area contributed by atoms with E-state index in [2.05, 4.69) is 11.1 Å². The molecule has 0 unspecified atom stereocenters. The molecule has 0 aromatic carbocycles. The molecule has 98 valence electrons. The Morgan fingerprint density at radius 2 is 2.21 bits per heavy atom. The Balaban J connectivity index is 2.51. The van der Waals surface area contributed by atoms with Crippen LogP contribution in [0.25, 0.3) is 0 Å². The maximum atomic E-state index is 11.7. The SMILES string of the molecule is CCN1[C@@H]2OC(C)=C(C(C)=O)[C@H]2N=C(C#N)[C@@H]1C#N. The van der Waals surface area contributed by atoms with Gasteiger partial charge < -0.3 is 4.74 Å². The van der Waals surface area contributed by atoms with Crippen LogP contribution < -0.4 is 0 Å². The van der Waals surface area contributed by atoms with Crippen molar-refractivity contribution in [1.82, 2.24) is 4.90 Å². The summed E-state index contributed by atoms with van der Waals surface area (Å²) in [4.78, 5) is 17.7. The Bertz CT molecular complexity index is 564. The lowest BCUT2D eigenvalue weighted by Crippen LogP contribution is -2.54. The summed E-state index contributed by atoms with van der Waals surface area (Å²) < 4.78 is 5.68. The van der Waals surface area contributed by atoms with Crippen molar-refractivity contribution in [1.29, 1.82) is 10.5 Å². The molecular formula is C13H14N4O2. The minimum Gasteiger partial charge on any atom is -0.477 e. The van der Waals surface area contributed by atoms with Crippen molar-refractivity contribution in [3.05, 3.63) is 11.3 Å². The highest BCUT2D eigenvalue weighted by Crippen LogP contribution is 2.34. The van der Waals surface area contributed by atoms with E-state index in [0.717, 1.165) is 0 Å². The van der Waals surface area contributed by atoms with Crippen molar-refractivity contribution in [2.24, 2.45) is 4.99 Å². The number of allylic oxidation sites excluding steroid dienone is 1. The van der Waals surface area contributed by atoms with Gasteiger partial charge in [0, 0.05) is 6.54 Å². The van der Waals surface area contributed by atoms with Gasteiger partial charge in [0.15, 0.2) is 18.1 Å². The van der Waals surface area contributed by atoms with Crippen molar-refractivity contribution in [3.8, 4) is 12.1 Å². The van der Waals surface area contributed by atoms with E-state index in [1.54, 1.807) is 11.8 Å². The molecule has 0 spiro atoms. The van der Waals surface area contributed by atoms with Gasteiger partial charge in [0.05, 0.1) is 11.6 Å². The molecule has 19 heavy (non-hydrogen) atoms. The van der Waals surface area contributed by atoms with Gasteiger partial charge in [0.2, 0.25) is 0 Å². The highest BCUT2D eigenvalue weighted by Gasteiger charge is 2.47. The normalized spacial score (nSPS) is 29.9. The van der Waals surface area contributed by atoms with Crippen LogP contribution in [0.2, 0.25) is 0 Å². The first-order chi connectivity index (χ1) is 9.04. The third kappa shape index (κ3) is 1.91. The quantitative estimate of drug-likeness (QED) is 0.729. The number of Topliss-reactive ketones (excluding diaryl/α,β-unsaturated/α-hetero) is 1. The summed E-state index contributed by atoms with van der Waals surface area (Å²) in [6.07, 6.45) is -0.467. The molecule has 2 heterocycles. The lowest BCUT2D eigenvalue weighted by molar-refractivity contribution is -0.114. The largest absolute Gasteiger partial charge is 0.477 e. The number of carbonyl (C=O) groups excluding carboxylic acids is 1. The molecule has 0 radical (unpaired) electrons. The minimum atomic E-state index is -0.713. The zero-order valence-corrected chi connectivity index (χ0v) is 11.0. The molecule has 6 heteroatoms. The van der Waals surface area contributed by atoms with Crippen LogP contribution in [0.5, 0.6) is 0 Å². The van der Waals surface area contributed by atoms with Gasteiger partial charge in [-0.05, 0) is 13.8 Å². The first kappa shape index (κ1) is 13.3. The van der Waals surface area contributed by atoms with Crippen molar-refractivity contribution >= 4 is 11.5 Å². The monoisotopic (exact) mass is 258 g/mol. The van der Waals surface area contributed by atoms with E-state index in [0.29, 0.717) is 17.9 Å². The van der Waals surface area contributed by atoms with Crippen LogP contribution in [0.3, 0.4) is 0 Å². The average Bonchev–Trinajstić information content (AvgIpc) is 2.71. The van der Waals surface area contributed by atoms with E-state index < -0.39 is 18.3 Å². The maximum absolute atomic E-state index is 11.7. The van der Waals surface area contributed by atoms with E-state index in [-0.39, 0.29) is 11.5 Å². The Labute approximate surface area is 111 Å². The second-order valence-electron chi connectivity index (χ2n) is 4.47. The Hall–Kier alpha value is -2.18. The van der Waals surface area contributed by atoms with Gasteiger partial charge >= 0.3 is 0 Å². The molecule has 0 fully saturated rings. The van der Waals surface area contributed by atoms with E-state index in [9.17, 15) is 10.1 Å². The molecule has 2 aliphatic heterocycles. The fraction of sp³-hybridized carbons (Fsp3) is 0.538. The number of aliphatic imine (C=N–C) groups is 1. The molecule has 0 saturated heterocycles. The molecule has 0 aromatic heterocycles. The summed E-state index contributed by atoms with van der Waals surface area (Å²) in [5, 5.41) is 18.3. The topological polar surface area (TPSA) is 89.5 Å². The molecule has 6 nitrogen and oxygen atoms in total. The Morgan fingerprint density at radius 1 is 1.53 bits per heavy atom. The molecule has 0 aromatic rings.